The van der Waals surface area contributed by atoms with Gasteiger partial charge in [-0.2, -0.15) is 0 Å². The Bertz CT molecular complexity index is 1200. The Morgan fingerprint density at radius 3 is 1.88 bits per heavy atom. The maximum atomic E-state index is 13.6. The molecule has 0 aliphatic carbocycles. The molecular weight excluding hydrogens is 538 g/mol. The minimum Gasteiger partial charge on any atom is -0.444 e. The zero-order valence-electron chi connectivity index (χ0n) is 24.9. The number of carbonyl (C=O) groups excluding carboxylic acids is 2. The van der Waals surface area contributed by atoms with Gasteiger partial charge >= 0.3 is 6.09 Å². The van der Waals surface area contributed by atoms with Gasteiger partial charge in [0.15, 0.2) is 0 Å². The molecule has 2 saturated heterocycles. The molecular formula is C33H42F2N4O3. The molecule has 0 unspecified atom stereocenters. The molecule has 2 aromatic rings. The number of likely N-dealkylation sites (tertiary alicyclic amines) is 1. The second-order valence-electron chi connectivity index (χ2n) is 11.8. The maximum absolute atomic E-state index is 13.6. The molecule has 7 nitrogen and oxygen atoms in total. The lowest BCUT2D eigenvalue weighted by Crippen LogP contribution is -2.48. The standard InChI is InChI=1S/C33H42F2N4O3/c1-33(2,3)42-32(41)36-16-20-38-23-21-37(22-24-38)17-4-5-30(40)39-18-14-27(15-19-39)31(25-6-10-28(34)11-7-25)26-8-12-29(35)13-9-26/h4-13H,14-24H2,1-3H3,(H,36,41)/b5-4+. The molecule has 0 aromatic heterocycles. The first-order valence-electron chi connectivity index (χ1n) is 14.7. The van der Waals surface area contributed by atoms with Crippen molar-refractivity contribution in [2.45, 2.75) is 39.2 Å². The number of nitrogens with one attached hydrogen (secondary N) is 1. The van der Waals surface area contributed by atoms with E-state index in [1.165, 1.54) is 29.8 Å². The Morgan fingerprint density at radius 1 is 0.833 bits per heavy atom. The third-order valence-electron chi connectivity index (χ3n) is 7.48. The van der Waals surface area contributed by atoms with Crippen LogP contribution in [0.3, 0.4) is 0 Å². The second kappa shape index (κ2) is 14.6. The van der Waals surface area contributed by atoms with Gasteiger partial charge in [-0.15, -0.1) is 0 Å². The molecule has 2 aromatic carbocycles. The number of amides is 2. The van der Waals surface area contributed by atoms with E-state index < -0.39 is 11.7 Å². The zero-order valence-corrected chi connectivity index (χ0v) is 24.9. The molecule has 0 spiro atoms. The average molecular weight is 581 g/mol. The summed E-state index contributed by atoms with van der Waals surface area (Å²) in [6.45, 7) is 12.4. The predicted molar refractivity (Wildman–Crippen MR) is 161 cm³/mol. The van der Waals surface area contributed by atoms with Gasteiger partial charge in [0.2, 0.25) is 5.91 Å². The molecule has 2 aliphatic rings. The van der Waals surface area contributed by atoms with Gasteiger partial charge < -0.3 is 15.0 Å². The summed E-state index contributed by atoms with van der Waals surface area (Å²) < 4.78 is 32.5. The molecule has 226 valence electrons. The summed E-state index contributed by atoms with van der Waals surface area (Å²) in [5, 5.41) is 2.81. The minimum atomic E-state index is -0.501. The quantitative estimate of drug-likeness (QED) is 0.441. The second-order valence-corrected chi connectivity index (χ2v) is 11.8. The molecule has 2 fully saturated rings. The molecule has 1 N–H and O–H groups in total. The number of alkyl carbamates (subject to hydrolysis) is 1. The van der Waals surface area contributed by atoms with Crippen molar-refractivity contribution in [2.24, 2.45) is 0 Å². The van der Waals surface area contributed by atoms with Crippen LogP contribution in [0.5, 0.6) is 0 Å². The van der Waals surface area contributed by atoms with Gasteiger partial charge in [0, 0.05) is 65.0 Å². The lowest BCUT2D eigenvalue weighted by molar-refractivity contribution is -0.126. The van der Waals surface area contributed by atoms with Crippen LogP contribution in [-0.4, -0.2) is 91.2 Å². The molecule has 0 radical (unpaired) electrons. The molecule has 42 heavy (non-hydrogen) atoms. The Labute approximate surface area is 247 Å². The number of hydrogen-bond acceptors (Lipinski definition) is 5. The van der Waals surface area contributed by atoms with Crippen molar-refractivity contribution in [3.8, 4) is 0 Å². The van der Waals surface area contributed by atoms with Crippen LogP contribution >= 0.6 is 0 Å². The van der Waals surface area contributed by atoms with E-state index in [-0.39, 0.29) is 17.5 Å². The van der Waals surface area contributed by atoms with Crippen LogP contribution in [0.4, 0.5) is 13.6 Å². The van der Waals surface area contributed by atoms with E-state index in [1.807, 2.05) is 31.7 Å². The molecule has 2 heterocycles. The lowest BCUT2D eigenvalue weighted by atomic mass is 9.88. The van der Waals surface area contributed by atoms with E-state index in [1.54, 1.807) is 30.3 Å². The number of rotatable bonds is 8. The largest absolute Gasteiger partial charge is 0.444 e. The van der Waals surface area contributed by atoms with Crippen molar-refractivity contribution in [1.29, 1.82) is 0 Å². The normalized spacial score (nSPS) is 17.0. The third kappa shape index (κ3) is 9.49. The van der Waals surface area contributed by atoms with Crippen LogP contribution in [0.2, 0.25) is 0 Å². The van der Waals surface area contributed by atoms with Gasteiger partial charge in [-0.05, 0) is 74.6 Å². The van der Waals surface area contributed by atoms with E-state index in [2.05, 4.69) is 15.1 Å². The zero-order chi connectivity index (χ0) is 30.1. The Hall–Kier alpha value is -3.56. The van der Waals surface area contributed by atoms with Crippen LogP contribution in [-0.2, 0) is 9.53 Å². The van der Waals surface area contributed by atoms with Gasteiger partial charge in [0.25, 0.3) is 0 Å². The molecule has 0 atom stereocenters. The third-order valence-corrected chi connectivity index (χ3v) is 7.48. The summed E-state index contributed by atoms with van der Waals surface area (Å²) in [6, 6.07) is 12.8. The van der Waals surface area contributed by atoms with E-state index in [4.69, 9.17) is 4.74 Å². The summed E-state index contributed by atoms with van der Waals surface area (Å²) >= 11 is 0. The highest BCUT2D eigenvalue weighted by Crippen LogP contribution is 2.32. The molecule has 9 heteroatoms. The molecule has 0 bridgehead atoms. The van der Waals surface area contributed by atoms with Crippen LogP contribution in [0.1, 0.15) is 44.7 Å². The number of carbonyl (C=O) groups is 2. The number of hydrogen-bond donors (Lipinski definition) is 1. The summed E-state index contributed by atoms with van der Waals surface area (Å²) in [5.74, 6) is -0.598. The first kappa shape index (κ1) is 31.4. The van der Waals surface area contributed by atoms with Crippen LogP contribution in [0.15, 0.2) is 66.3 Å². The molecule has 4 rings (SSSR count). The average Bonchev–Trinajstić information content (AvgIpc) is 2.95. The van der Waals surface area contributed by atoms with Crippen LogP contribution in [0, 0.1) is 11.6 Å². The van der Waals surface area contributed by atoms with Crippen molar-refractivity contribution >= 4 is 17.6 Å². The van der Waals surface area contributed by atoms with Gasteiger partial charge in [-0.3, -0.25) is 14.6 Å². The van der Waals surface area contributed by atoms with Crippen molar-refractivity contribution in [1.82, 2.24) is 20.0 Å². The summed E-state index contributed by atoms with van der Waals surface area (Å²) in [7, 11) is 0. The fraction of sp³-hybridized carbons (Fsp3) is 0.455. The highest BCUT2D eigenvalue weighted by atomic mass is 19.1. The lowest BCUT2D eigenvalue weighted by Gasteiger charge is -2.34. The predicted octanol–water partition coefficient (Wildman–Crippen LogP) is 5.09. The molecule has 2 amide bonds. The maximum Gasteiger partial charge on any atom is 0.407 e. The van der Waals surface area contributed by atoms with Crippen molar-refractivity contribution in [3.05, 3.63) is 89.0 Å². The first-order valence-corrected chi connectivity index (χ1v) is 14.7. The topological polar surface area (TPSA) is 65.1 Å². The minimum absolute atomic E-state index is 0.00557. The van der Waals surface area contributed by atoms with E-state index in [0.29, 0.717) is 39.0 Å². The fourth-order valence-corrected chi connectivity index (χ4v) is 5.29. The number of nitrogens with zero attached hydrogens (tertiary/aromatic N) is 3. The number of benzene rings is 2. The van der Waals surface area contributed by atoms with Gasteiger partial charge in [-0.1, -0.05) is 35.9 Å². The first-order chi connectivity index (χ1) is 20.1. The number of ether oxygens (including phenoxy) is 1. The van der Waals surface area contributed by atoms with Crippen molar-refractivity contribution in [2.75, 3.05) is 58.9 Å². The highest BCUT2D eigenvalue weighted by molar-refractivity contribution is 5.88. The summed E-state index contributed by atoms with van der Waals surface area (Å²) in [5.41, 5.74) is 3.44. The molecule has 2 aliphatic heterocycles. The smallest absolute Gasteiger partial charge is 0.407 e. The SMILES string of the molecule is CC(C)(C)OC(=O)NCCN1CCN(C/C=C/C(=O)N2CCC(=C(c3ccc(F)cc3)c3ccc(F)cc3)CC2)CC1. The molecule has 0 saturated carbocycles. The number of halogens is 2. The van der Waals surface area contributed by atoms with Crippen molar-refractivity contribution < 1.29 is 23.1 Å². The fourth-order valence-electron chi connectivity index (χ4n) is 5.29. The van der Waals surface area contributed by atoms with Gasteiger partial charge in [0.05, 0.1) is 0 Å². The summed E-state index contributed by atoms with van der Waals surface area (Å²) in [6.07, 6.45) is 4.63. The Kier molecular flexibility index (Phi) is 10.9. The van der Waals surface area contributed by atoms with Gasteiger partial charge in [-0.25, -0.2) is 13.6 Å². The number of piperidine rings is 1. The number of piperazine rings is 1. The summed E-state index contributed by atoms with van der Waals surface area (Å²) in [4.78, 5) is 31.2. The Balaban J connectivity index is 1.23. The van der Waals surface area contributed by atoms with Crippen molar-refractivity contribution in [3.63, 3.8) is 0 Å². The highest BCUT2D eigenvalue weighted by Gasteiger charge is 2.22. The van der Waals surface area contributed by atoms with E-state index in [9.17, 15) is 18.4 Å². The van der Waals surface area contributed by atoms with E-state index >= 15 is 0 Å². The van der Waals surface area contributed by atoms with Gasteiger partial charge in [0.1, 0.15) is 17.2 Å². The Morgan fingerprint density at radius 2 is 1.36 bits per heavy atom. The van der Waals surface area contributed by atoms with Crippen LogP contribution < -0.4 is 5.32 Å². The van der Waals surface area contributed by atoms with Crippen LogP contribution in [0.25, 0.3) is 5.57 Å². The monoisotopic (exact) mass is 580 g/mol. The van der Waals surface area contributed by atoms with E-state index in [0.717, 1.165) is 49.4 Å².